The SMILES string of the molecule is COC(=O)C=C(C)CCC1(C)C(C)CC(OC(C)=O)C2(C)C(COC(C)=O)=CCCC12. The number of hydrogen-bond acceptors (Lipinski definition) is 6. The number of esters is 3. The number of fused-ring (bicyclic) bond motifs is 1. The van der Waals surface area contributed by atoms with Gasteiger partial charge in [0.25, 0.3) is 0 Å². The molecular formula is C25H38O6. The van der Waals surface area contributed by atoms with Crippen LogP contribution in [0.15, 0.2) is 23.3 Å². The third kappa shape index (κ3) is 5.39. The zero-order valence-electron chi connectivity index (χ0n) is 20.1. The summed E-state index contributed by atoms with van der Waals surface area (Å²) in [5.41, 5.74) is 1.62. The van der Waals surface area contributed by atoms with Gasteiger partial charge in [-0.05, 0) is 61.9 Å². The first-order valence-corrected chi connectivity index (χ1v) is 11.2. The molecule has 2 aliphatic rings. The van der Waals surface area contributed by atoms with E-state index in [1.807, 2.05) is 6.92 Å². The topological polar surface area (TPSA) is 78.9 Å². The van der Waals surface area contributed by atoms with Crippen LogP contribution in [0, 0.1) is 22.7 Å². The Labute approximate surface area is 186 Å². The maximum Gasteiger partial charge on any atom is 0.330 e. The van der Waals surface area contributed by atoms with Crippen molar-refractivity contribution in [2.45, 2.75) is 79.8 Å². The van der Waals surface area contributed by atoms with Crippen LogP contribution in [0.2, 0.25) is 0 Å². The van der Waals surface area contributed by atoms with Gasteiger partial charge in [-0.25, -0.2) is 4.79 Å². The van der Waals surface area contributed by atoms with Crippen molar-refractivity contribution in [3.63, 3.8) is 0 Å². The molecule has 6 heteroatoms. The Morgan fingerprint density at radius 3 is 2.42 bits per heavy atom. The van der Waals surface area contributed by atoms with Crippen LogP contribution in [0.5, 0.6) is 0 Å². The summed E-state index contributed by atoms with van der Waals surface area (Å²) in [6.07, 6.45) is 7.82. The Balaban J connectivity index is 2.39. The molecule has 31 heavy (non-hydrogen) atoms. The molecule has 0 aromatic heterocycles. The lowest BCUT2D eigenvalue weighted by Crippen LogP contribution is -2.58. The molecule has 0 radical (unpaired) electrons. The molecule has 0 N–H and O–H groups in total. The highest BCUT2D eigenvalue weighted by atomic mass is 16.5. The number of rotatable bonds is 7. The van der Waals surface area contributed by atoms with Gasteiger partial charge >= 0.3 is 17.9 Å². The molecule has 0 bridgehead atoms. The molecule has 0 aliphatic heterocycles. The summed E-state index contributed by atoms with van der Waals surface area (Å²) in [5, 5.41) is 0. The Kier molecular flexibility index (Phi) is 8.12. The number of carbonyl (C=O) groups excluding carboxylic acids is 3. The summed E-state index contributed by atoms with van der Waals surface area (Å²) in [7, 11) is 1.39. The van der Waals surface area contributed by atoms with E-state index in [-0.39, 0.29) is 42.0 Å². The molecule has 2 aliphatic carbocycles. The monoisotopic (exact) mass is 434 g/mol. The molecule has 1 fully saturated rings. The highest BCUT2D eigenvalue weighted by Gasteiger charge is 2.59. The van der Waals surface area contributed by atoms with E-state index < -0.39 is 5.41 Å². The van der Waals surface area contributed by atoms with E-state index in [4.69, 9.17) is 14.2 Å². The molecule has 0 aromatic carbocycles. The lowest BCUT2D eigenvalue weighted by molar-refractivity contribution is -0.176. The van der Waals surface area contributed by atoms with Crippen molar-refractivity contribution in [3.05, 3.63) is 23.3 Å². The second-order valence-electron chi connectivity index (χ2n) is 9.68. The van der Waals surface area contributed by atoms with E-state index in [9.17, 15) is 14.4 Å². The van der Waals surface area contributed by atoms with Crippen molar-refractivity contribution in [2.75, 3.05) is 13.7 Å². The highest BCUT2D eigenvalue weighted by molar-refractivity contribution is 5.82. The quantitative estimate of drug-likeness (QED) is 0.249. The first-order chi connectivity index (χ1) is 14.4. The third-order valence-electron chi connectivity index (χ3n) is 7.78. The van der Waals surface area contributed by atoms with Crippen LogP contribution < -0.4 is 0 Å². The Bertz CT molecular complexity index is 766. The Morgan fingerprint density at radius 1 is 1.16 bits per heavy atom. The second kappa shape index (κ2) is 10.0. The molecule has 0 aromatic rings. The summed E-state index contributed by atoms with van der Waals surface area (Å²) in [6.45, 7) is 11.8. The number of carbonyl (C=O) groups is 3. The van der Waals surface area contributed by atoms with Gasteiger partial charge in [-0.2, -0.15) is 0 Å². The van der Waals surface area contributed by atoms with Crippen LogP contribution in [0.3, 0.4) is 0 Å². The number of methoxy groups -OCH3 is 1. The van der Waals surface area contributed by atoms with Gasteiger partial charge in [0.2, 0.25) is 0 Å². The van der Waals surface area contributed by atoms with E-state index in [2.05, 4.69) is 26.8 Å². The van der Waals surface area contributed by atoms with Crippen LogP contribution in [-0.4, -0.2) is 37.7 Å². The van der Waals surface area contributed by atoms with Gasteiger partial charge in [0.1, 0.15) is 12.7 Å². The number of ether oxygens (including phenoxy) is 3. The second-order valence-corrected chi connectivity index (χ2v) is 9.68. The molecule has 1 saturated carbocycles. The molecule has 5 unspecified atom stereocenters. The van der Waals surface area contributed by atoms with Gasteiger partial charge in [-0.1, -0.05) is 32.4 Å². The van der Waals surface area contributed by atoms with Crippen molar-refractivity contribution >= 4 is 17.9 Å². The minimum Gasteiger partial charge on any atom is -0.466 e. The average molecular weight is 435 g/mol. The van der Waals surface area contributed by atoms with Gasteiger partial charge in [0.15, 0.2) is 0 Å². The summed E-state index contributed by atoms with van der Waals surface area (Å²) in [5.74, 6) is -0.340. The molecule has 5 atom stereocenters. The highest BCUT2D eigenvalue weighted by Crippen LogP contribution is 2.62. The average Bonchev–Trinajstić information content (AvgIpc) is 2.69. The van der Waals surface area contributed by atoms with Gasteiger partial charge < -0.3 is 14.2 Å². The lowest BCUT2D eigenvalue weighted by atomic mass is 9.45. The van der Waals surface area contributed by atoms with Crippen molar-refractivity contribution in [1.29, 1.82) is 0 Å². The molecule has 2 rings (SSSR count). The van der Waals surface area contributed by atoms with Gasteiger partial charge in [-0.3, -0.25) is 9.59 Å². The van der Waals surface area contributed by atoms with Gasteiger partial charge in [0, 0.05) is 25.3 Å². The summed E-state index contributed by atoms with van der Waals surface area (Å²) < 4.78 is 16.0. The van der Waals surface area contributed by atoms with E-state index >= 15 is 0 Å². The van der Waals surface area contributed by atoms with Gasteiger partial charge in [0.05, 0.1) is 7.11 Å². The molecule has 174 valence electrons. The minimum absolute atomic E-state index is 0.0215. The standard InChI is InChI=1S/C25H38O6/c1-16(13-23(28)29-7)11-12-24(5)17(2)14-22(31-19(4)27)25(6)20(15-30-18(3)26)9-8-10-21(24)25/h9,13,17,21-22H,8,10-12,14-15H2,1-7H3. The first kappa shape index (κ1) is 25.2. The fourth-order valence-electron chi connectivity index (χ4n) is 5.78. The molecule has 0 saturated heterocycles. The van der Waals surface area contributed by atoms with Crippen LogP contribution in [0.25, 0.3) is 0 Å². The molecule has 0 spiro atoms. The number of hydrogen-bond donors (Lipinski definition) is 0. The Hall–Kier alpha value is -2.11. The van der Waals surface area contributed by atoms with E-state index in [1.165, 1.54) is 21.0 Å². The van der Waals surface area contributed by atoms with Crippen LogP contribution in [0.4, 0.5) is 0 Å². The fraction of sp³-hybridized carbons (Fsp3) is 0.720. The summed E-state index contributed by atoms with van der Waals surface area (Å²) in [6, 6.07) is 0. The zero-order chi connectivity index (χ0) is 23.4. The van der Waals surface area contributed by atoms with Crippen molar-refractivity contribution in [1.82, 2.24) is 0 Å². The summed E-state index contributed by atoms with van der Waals surface area (Å²) >= 11 is 0. The van der Waals surface area contributed by atoms with E-state index in [0.29, 0.717) is 5.92 Å². The zero-order valence-corrected chi connectivity index (χ0v) is 20.1. The first-order valence-electron chi connectivity index (χ1n) is 11.2. The molecule has 0 amide bonds. The molecule has 0 heterocycles. The normalized spacial score (nSPS) is 33.1. The van der Waals surface area contributed by atoms with Crippen molar-refractivity contribution < 1.29 is 28.6 Å². The summed E-state index contributed by atoms with van der Waals surface area (Å²) in [4.78, 5) is 35.1. The number of allylic oxidation sites excluding steroid dienone is 2. The Morgan fingerprint density at radius 2 is 1.84 bits per heavy atom. The predicted molar refractivity (Wildman–Crippen MR) is 118 cm³/mol. The third-order valence-corrected chi connectivity index (χ3v) is 7.78. The van der Waals surface area contributed by atoms with Crippen molar-refractivity contribution in [3.8, 4) is 0 Å². The minimum atomic E-state index is -0.402. The predicted octanol–water partition coefficient (Wildman–Crippen LogP) is 4.77. The lowest BCUT2D eigenvalue weighted by Gasteiger charge is -2.60. The van der Waals surface area contributed by atoms with Crippen molar-refractivity contribution in [2.24, 2.45) is 22.7 Å². The fourth-order valence-corrected chi connectivity index (χ4v) is 5.78. The van der Waals surface area contributed by atoms with Gasteiger partial charge in [-0.15, -0.1) is 0 Å². The largest absolute Gasteiger partial charge is 0.466 e. The van der Waals surface area contributed by atoms with E-state index in [1.54, 1.807) is 6.08 Å². The van der Waals surface area contributed by atoms with E-state index in [0.717, 1.165) is 43.3 Å². The van der Waals surface area contributed by atoms with Crippen LogP contribution >= 0.6 is 0 Å². The maximum absolute atomic E-state index is 11.9. The van der Waals surface area contributed by atoms with Crippen LogP contribution in [0.1, 0.15) is 73.6 Å². The molecular weight excluding hydrogens is 396 g/mol. The van der Waals surface area contributed by atoms with Crippen LogP contribution in [-0.2, 0) is 28.6 Å². The smallest absolute Gasteiger partial charge is 0.330 e. The molecule has 6 nitrogen and oxygen atoms in total. The maximum atomic E-state index is 11.9.